The summed E-state index contributed by atoms with van der Waals surface area (Å²) >= 11 is 0. The fraction of sp³-hybridized carbons (Fsp3) is 0.200. The molecule has 6 heteroatoms. The van der Waals surface area contributed by atoms with Crippen LogP contribution in [0.15, 0.2) is 23.3 Å². The van der Waals surface area contributed by atoms with E-state index in [0.717, 1.165) is 18.3 Å². The summed E-state index contributed by atoms with van der Waals surface area (Å²) in [4.78, 5) is 10.8. The number of halogens is 2. The maximum Gasteiger partial charge on any atom is 0.427 e. The van der Waals surface area contributed by atoms with Crippen molar-refractivity contribution in [1.82, 2.24) is 5.43 Å². The highest BCUT2D eigenvalue weighted by atomic mass is 19.1. The summed E-state index contributed by atoms with van der Waals surface area (Å²) in [5.74, 6) is -1.51. The molecule has 16 heavy (non-hydrogen) atoms. The van der Waals surface area contributed by atoms with Gasteiger partial charge in [-0.25, -0.2) is 19.0 Å². The van der Waals surface area contributed by atoms with Crippen LogP contribution in [0.3, 0.4) is 0 Å². The Bertz CT molecular complexity index is 388. The molecule has 0 unspecified atom stereocenters. The molecule has 0 fully saturated rings. The Morgan fingerprint density at radius 1 is 1.50 bits per heavy atom. The van der Waals surface area contributed by atoms with Crippen LogP contribution in [0.1, 0.15) is 12.5 Å². The quantitative estimate of drug-likeness (QED) is 0.635. The average Bonchev–Trinajstić information content (AvgIpc) is 2.23. The molecule has 1 amide bonds. The van der Waals surface area contributed by atoms with Crippen LogP contribution < -0.4 is 5.43 Å². The lowest BCUT2D eigenvalue weighted by atomic mass is 10.2. The van der Waals surface area contributed by atoms with E-state index in [1.165, 1.54) is 6.07 Å². The van der Waals surface area contributed by atoms with Gasteiger partial charge in [-0.05, 0) is 19.1 Å². The van der Waals surface area contributed by atoms with Gasteiger partial charge in [0.25, 0.3) is 0 Å². The molecular weight excluding hydrogens is 218 g/mol. The fourth-order valence-corrected chi connectivity index (χ4v) is 0.947. The lowest BCUT2D eigenvalue weighted by molar-refractivity contribution is 0.152. The van der Waals surface area contributed by atoms with Crippen LogP contribution in [0.5, 0.6) is 0 Å². The fourth-order valence-electron chi connectivity index (χ4n) is 0.947. The molecule has 86 valence electrons. The highest BCUT2D eigenvalue weighted by Gasteiger charge is 2.05. The first kappa shape index (κ1) is 12.1. The summed E-state index contributed by atoms with van der Waals surface area (Å²) in [6, 6.07) is 3.42. The van der Waals surface area contributed by atoms with Gasteiger partial charge in [-0.1, -0.05) is 6.07 Å². The highest BCUT2D eigenvalue weighted by Crippen LogP contribution is 2.08. The molecule has 0 aliphatic heterocycles. The number of nitrogens with one attached hydrogen (secondary N) is 1. The molecule has 0 heterocycles. The van der Waals surface area contributed by atoms with E-state index in [-0.39, 0.29) is 12.2 Å². The summed E-state index contributed by atoms with van der Waals surface area (Å²) in [6.45, 7) is 1.81. The Balaban J connectivity index is 2.66. The van der Waals surface area contributed by atoms with Crippen molar-refractivity contribution in [3.05, 3.63) is 35.4 Å². The predicted octanol–water partition coefficient (Wildman–Crippen LogP) is 2.04. The molecule has 0 aliphatic carbocycles. The largest absolute Gasteiger partial charge is 0.449 e. The van der Waals surface area contributed by atoms with Gasteiger partial charge >= 0.3 is 6.09 Å². The normalized spacial score (nSPS) is 10.4. The van der Waals surface area contributed by atoms with E-state index < -0.39 is 17.7 Å². The van der Waals surface area contributed by atoms with Crippen LogP contribution in [-0.4, -0.2) is 18.9 Å². The lowest BCUT2D eigenvalue weighted by Gasteiger charge is -2.00. The number of benzene rings is 1. The molecule has 0 atom stereocenters. The maximum atomic E-state index is 13.0. The highest BCUT2D eigenvalue weighted by molar-refractivity contribution is 5.81. The van der Waals surface area contributed by atoms with Crippen molar-refractivity contribution in [1.29, 1.82) is 0 Å². The average molecular weight is 228 g/mol. The van der Waals surface area contributed by atoms with Crippen molar-refractivity contribution < 1.29 is 18.3 Å². The number of amides is 1. The summed E-state index contributed by atoms with van der Waals surface area (Å²) in [5.41, 5.74) is 1.64. The zero-order valence-electron chi connectivity index (χ0n) is 8.54. The van der Waals surface area contributed by atoms with Gasteiger partial charge in [0.2, 0.25) is 0 Å². The standard InChI is InChI=1S/C10H10F2N2O2/c1-2-16-10(15)14-13-6-7-8(11)4-3-5-9(7)12/h3-6H,2H2,1H3,(H,14,15). The molecule has 0 radical (unpaired) electrons. The van der Waals surface area contributed by atoms with E-state index in [2.05, 4.69) is 9.84 Å². The zero-order chi connectivity index (χ0) is 12.0. The van der Waals surface area contributed by atoms with E-state index in [1.54, 1.807) is 6.92 Å². The van der Waals surface area contributed by atoms with E-state index in [9.17, 15) is 13.6 Å². The summed E-state index contributed by atoms with van der Waals surface area (Å²) in [6.07, 6.45) is 0.0946. The third kappa shape index (κ3) is 3.30. The van der Waals surface area contributed by atoms with Crippen molar-refractivity contribution in [2.45, 2.75) is 6.92 Å². The molecule has 1 aromatic carbocycles. The second kappa shape index (κ2) is 5.79. The van der Waals surface area contributed by atoms with Gasteiger partial charge in [-0.3, -0.25) is 0 Å². The van der Waals surface area contributed by atoms with Gasteiger partial charge in [-0.2, -0.15) is 5.10 Å². The SMILES string of the molecule is CCOC(=O)NN=Cc1c(F)cccc1F. The second-order valence-electron chi connectivity index (χ2n) is 2.73. The van der Waals surface area contributed by atoms with E-state index in [1.807, 2.05) is 5.43 Å². The Morgan fingerprint density at radius 2 is 2.12 bits per heavy atom. The molecule has 0 spiro atoms. The van der Waals surface area contributed by atoms with Gasteiger partial charge in [0.05, 0.1) is 18.4 Å². The minimum atomic E-state index is -0.782. The van der Waals surface area contributed by atoms with E-state index >= 15 is 0 Å². The minimum Gasteiger partial charge on any atom is -0.449 e. The third-order valence-corrected chi connectivity index (χ3v) is 1.62. The number of nitrogens with zero attached hydrogens (tertiary/aromatic N) is 1. The maximum absolute atomic E-state index is 13.0. The number of rotatable bonds is 3. The van der Waals surface area contributed by atoms with E-state index in [0.29, 0.717) is 0 Å². The number of hydrogen-bond donors (Lipinski definition) is 1. The molecule has 0 bridgehead atoms. The molecule has 0 saturated carbocycles. The van der Waals surface area contributed by atoms with Crippen LogP contribution in [0.25, 0.3) is 0 Å². The number of ether oxygens (including phenoxy) is 1. The Labute approximate surface area is 90.9 Å². The van der Waals surface area contributed by atoms with Crippen LogP contribution >= 0.6 is 0 Å². The zero-order valence-corrected chi connectivity index (χ0v) is 8.54. The summed E-state index contributed by atoms with van der Waals surface area (Å²) in [5, 5.41) is 3.35. The molecular formula is C10H10F2N2O2. The minimum absolute atomic E-state index is 0.190. The molecule has 0 saturated heterocycles. The van der Waals surface area contributed by atoms with Crippen LogP contribution in [0.2, 0.25) is 0 Å². The molecule has 0 aliphatic rings. The molecule has 1 rings (SSSR count). The Hall–Kier alpha value is -1.98. The summed E-state index contributed by atoms with van der Waals surface area (Å²) < 4.78 is 30.6. The molecule has 4 nitrogen and oxygen atoms in total. The first-order valence-electron chi connectivity index (χ1n) is 4.55. The lowest BCUT2D eigenvalue weighted by Crippen LogP contribution is -2.18. The number of hydrogen-bond acceptors (Lipinski definition) is 3. The molecule has 0 aromatic heterocycles. The van der Waals surface area contributed by atoms with Crippen molar-refractivity contribution in [3.63, 3.8) is 0 Å². The van der Waals surface area contributed by atoms with Crippen molar-refractivity contribution in [2.75, 3.05) is 6.61 Å². The topological polar surface area (TPSA) is 50.7 Å². The first-order valence-corrected chi connectivity index (χ1v) is 4.55. The van der Waals surface area contributed by atoms with Crippen molar-refractivity contribution in [2.24, 2.45) is 5.10 Å². The van der Waals surface area contributed by atoms with Crippen LogP contribution in [0, 0.1) is 11.6 Å². The number of hydrazone groups is 1. The van der Waals surface area contributed by atoms with Gasteiger partial charge in [-0.15, -0.1) is 0 Å². The van der Waals surface area contributed by atoms with Gasteiger partial charge in [0, 0.05) is 0 Å². The van der Waals surface area contributed by atoms with Crippen molar-refractivity contribution in [3.8, 4) is 0 Å². The Morgan fingerprint density at radius 3 is 2.69 bits per heavy atom. The van der Waals surface area contributed by atoms with Gasteiger partial charge < -0.3 is 4.74 Å². The van der Waals surface area contributed by atoms with E-state index in [4.69, 9.17) is 0 Å². The van der Waals surface area contributed by atoms with Crippen molar-refractivity contribution >= 4 is 12.3 Å². The Kier molecular flexibility index (Phi) is 4.38. The third-order valence-electron chi connectivity index (χ3n) is 1.62. The number of carbonyl (C=O) groups excluding carboxylic acids is 1. The molecule has 1 N–H and O–H groups in total. The molecule has 1 aromatic rings. The van der Waals surface area contributed by atoms with Crippen LogP contribution in [0.4, 0.5) is 13.6 Å². The van der Waals surface area contributed by atoms with Gasteiger partial charge in [0.15, 0.2) is 0 Å². The van der Waals surface area contributed by atoms with Crippen LogP contribution in [-0.2, 0) is 4.74 Å². The summed E-state index contributed by atoms with van der Waals surface area (Å²) in [7, 11) is 0. The predicted molar refractivity (Wildman–Crippen MR) is 54.1 cm³/mol. The monoisotopic (exact) mass is 228 g/mol. The smallest absolute Gasteiger partial charge is 0.427 e. The second-order valence-corrected chi connectivity index (χ2v) is 2.73. The number of carbonyl (C=O) groups is 1. The first-order chi connectivity index (χ1) is 7.65. The van der Waals surface area contributed by atoms with Gasteiger partial charge in [0.1, 0.15) is 11.6 Å².